The molecule has 0 aromatic carbocycles. The Morgan fingerprint density at radius 1 is 1.21 bits per heavy atom. The summed E-state index contributed by atoms with van der Waals surface area (Å²) in [4.78, 5) is 2.64. The van der Waals surface area contributed by atoms with E-state index in [0.29, 0.717) is 0 Å². The van der Waals surface area contributed by atoms with E-state index in [9.17, 15) is 0 Å². The van der Waals surface area contributed by atoms with Crippen molar-refractivity contribution in [3.05, 3.63) is 0 Å². The number of hydrogen-bond donors (Lipinski definition) is 0. The topological polar surface area (TPSA) is 3.24 Å². The maximum Gasteiger partial charge on any atom is 0.00743 e. The van der Waals surface area contributed by atoms with Crippen molar-refractivity contribution < 1.29 is 0 Å². The van der Waals surface area contributed by atoms with E-state index in [1.807, 2.05) is 0 Å². The zero-order chi connectivity index (χ0) is 10.7. The molecule has 1 rings (SSSR count). The van der Waals surface area contributed by atoms with Crippen LogP contribution in [0.2, 0.25) is 0 Å². The third-order valence-corrected chi connectivity index (χ3v) is 4.53. The molecule has 1 saturated heterocycles. The summed E-state index contributed by atoms with van der Waals surface area (Å²) in [6, 6.07) is 0. The van der Waals surface area contributed by atoms with Crippen LogP contribution in [0.25, 0.3) is 0 Å². The van der Waals surface area contributed by atoms with Gasteiger partial charge in [0.05, 0.1) is 0 Å². The Hall–Kier alpha value is 0.440. The minimum absolute atomic E-state index is 0.792. The molecular weight excluding hydrogens is 238 g/mol. The first-order valence-corrected chi connectivity index (χ1v) is 6.95. The van der Waals surface area contributed by atoms with Gasteiger partial charge in [-0.25, -0.2) is 0 Å². The Labute approximate surface area is 97.4 Å². The highest BCUT2D eigenvalue weighted by atomic mass is 79.9. The smallest absolute Gasteiger partial charge is 0.00743 e. The van der Waals surface area contributed by atoms with Crippen LogP contribution in [-0.2, 0) is 0 Å². The number of halogens is 1. The molecule has 0 spiro atoms. The summed E-state index contributed by atoms with van der Waals surface area (Å²) in [5, 5.41) is 1.14. The Kier molecular flexibility index (Phi) is 4.92. The lowest BCUT2D eigenvalue weighted by atomic mass is 9.98. The molecule has 3 atom stereocenters. The van der Waals surface area contributed by atoms with Crippen molar-refractivity contribution in [3.8, 4) is 0 Å². The Morgan fingerprint density at radius 3 is 2.07 bits per heavy atom. The zero-order valence-corrected chi connectivity index (χ0v) is 11.5. The summed E-state index contributed by atoms with van der Waals surface area (Å²) in [6.45, 7) is 13.3. The summed E-state index contributed by atoms with van der Waals surface area (Å²) >= 11 is 3.63. The summed E-state index contributed by atoms with van der Waals surface area (Å²) in [5.41, 5.74) is 0. The lowest BCUT2D eigenvalue weighted by Gasteiger charge is -2.25. The molecule has 0 N–H and O–H groups in total. The molecule has 1 aliphatic heterocycles. The molecule has 1 heterocycles. The number of rotatable bonds is 4. The van der Waals surface area contributed by atoms with Gasteiger partial charge in [-0.15, -0.1) is 0 Å². The molecule has 0 aliphatic carbocycles. The van der Waals surface area contributed by atoms with E-state index in [-0.39, 0.29) is 0 Å². The van der Waals surface area contributed by atoms with Crippen molar-refractivity contribution in [1.82, 2.24) is 4.90 Å². The van der Waals surface area contributed by atoms with Crippen LogP contribution in [0.1, 0.15) is 27.7 Å². The Bertz CT molecular complexity index is 160. The fourth-order valence-electron chi connectivity index (χ4n) is 2.17. The molecule has 0 radical (unpaired) electrons. The lowest BCUT2D eigenvalue weighted by molar-refractivity contribution is 0.246. The minimum Gasteiger partial charge on any atom is -0.302 e. The molecule has 14 heavy (non-hydrogen) atoms. The summed E-state index contributed by atoms with van der Waals surface area (Å²) < 4.78 is 0. The van der Waals surface area contributed by atoms with Gasteiger partial charge in [0.1, 0.15) is 0 Å². The molecule has 1 aliphatic rings. The number of nitrogens with zero attached hydrogens (tertiary/aromatic N) is 1. The minimum atomic E-state index is 0.792. The van der Waals surface area contributed by atoms with E-state index in [0.717, 1.165) is 29.0 Å². The molecule has 0 amide bonds. The molecule has 0 saturated carbocycles. The second-order valence-corrected chi connectivity index (χ2v) is 5.98. The van der Waals surface area contributed by atoms with Crippen molar-refractivity contribution in [1.29, 1.82) is 0 Å². The van der Waals surface area contributed by atoms with E-state index in [4.69, 9.17) is 0 Å². The highest BCUT2D eigenvalue weighted by molar-refractivity contribution is 9.09. The van der Waals surface area contributed by atoms with Gasteiger partial charge < -0.3 is 4.90 Å². The second kappa shape index (κ2) is 5.50. The molecule has 84 valence electrons. The first kappa shape index (κ1) is 12.5. The quantitative estimate of drug-likeness (QED) is 0.703. The summed E-state index contributed by atoms with van der Waals surface area (Å²) in [6.07, 6.45) is 0. The predicted molar refractivity (Wildman–Crippen MR) is 66.9 cm³/mol. The van der Waals surface area contributed by atoms with Crippen molar-refractivity contribution in [3.63, 3.8) is 0 Å². The molecule has 1 nitrogen and oxygen atoms in total. The van der Waals surface area contributed by atoms with Gasteiger partial charge in [0, 0.05) is 25.0 Å². The van der Waals surface area contributed by atoms with E-state index < -0.39 is 0 Å². The third kappa shape index (κ3) is 3.23. The maximum atomic E-state index is 3.63. The summed E-state index contributed by atoms with van der Waals surface area (Å²) in [7, 11) is 0. The second-order valence-electron chi connectivity index (χ2n) is 5.33. The van der Waals surface area contributed by atoms with Gasteiger partial charge in [0.25, 0.3) is 0 Å². The van der Waals surface area contributed by atoms with Crippen molar-refractivity contribution in [2.45, 2.75) is 27.7 Å². The van der Waals surface area contributed by atoms with E-state index >= 15 is 0 Å². The number of likely N-dealkylation sites (tertiary alicyclic amines) is 1. The van der Waals surface area contributed by atoms with Crippen LogP contribution in [0.5, 0.6) is 0 Å². The van der Waals surface area contributed by atoms with Crippen LogP contribution in [0.15, 0.2) is 0 Å². The normalized spacial score (nSPS) is 31.3. The molecule has 0 aromatic rings. The molecule has 2 heteroatoms. The summed E-state index contributed by atoms with van der Waals surface area (Å²) in [5.74, 6) is 3.38. The highest BCUT2D eigenvalue weighted by Crippen LogP contribution is 2.25. The highest BCUT2D eigenvalue weighted by Gasteiger charge is 2.27. The fraction of sp³-hybridized carbons (Fsp3) is 1.00. The Morgan fingerprint density at radius 2 is 1.71 bits per heavy atom. The third-order valence-electron chi connectivity index (χ3n) is 3.70. The van der Waals surface area contributed by atoms with Gasteiger partial charge in [0.2, 0.25) is 0 Å². The molecular formula is C12H24BrN. The van der Waals surface area contributed by atoms with Crippen LogP contribution in [0.3, 0.4) is 0 Å². The van der Waals surface area contributed by atoms with Crippen molar-refractivity contribution in [2.75, 3.05) is 25.0 Å². The molecule has 0 aromatic heterocycles. The van der Waals surface area contributed by atoms with Crippen LogP contribution < -0.4 is 0 Å². The fourth-order valence-corrected chi connectivity index (χ4v) is 3.12. The van der Waals surface area contributed by atoms with Crippen LogP contribution in [0, 0.1) is 23.7 Å². The van der Waals surface area contributed by atoms with Gasteiger partial charge in [-0.1, -0.05) is 43.6 Å². The van der Waals surface area contributed by atoms with E-state index in [1.165, 1.54) is 19.6 Å². The van der Waals surface area contributed by atoms with Crippen molar-refractivity contribution in [2.24, 2.45) is 23.7 Å². The van der Waals surface area contributed by atoms with E-state index in [1.54, 1.807) is 0 Å². The first-order chi connectivity index (χ1) is 6.54. The standard InChI is InChI=1S/C12H24BrN/c1-9(2)12(5-13)8-14-6-10(3)11(4)7-14/h9-12H,5-8H2,1-4H3. The largest absolute Gasteiger partial charge is 0.302 e. The number of alkyl halides is 1. The van der Waals surface area contributed by atoms with Gasteiger partial charge in [0.15, 0.2) is 0 Å². The molecule has 0 bridgehead atoms. The van der Waals surface area contributed by atoms with Crippen LogP contribution in [0.4, 0.5) is 0 Å². The van der Waals surface area contributed by atoms with Gasteiger partial charge in [-0.05, 0) is 23.7 Å². The van der Waals surface area contributed by atoms with E-state index in [2.05, 4.69) is 48.5 Å². The predicted octanol–water partition coefficient (Wildman–Crippen LogP) is 3.24. The maximum absolute atomic E-state index is 3.63. The zero-order valence-electron chi connectivity index (χ0n) is 9.96. The van der Waals surface area contributed by atoms with Crippen LogP contribution in [-0.4, -0.2) is 29.9 Å². The lowest BCUT2D eigenvalue weighted by Crippen LogP contribution is -2.31. The van der Waals surface area contributed by atoms with Gasteiger partial charge in [-0.3, -0.25) is 0 Å². The molecule has 3 unspecified atom stereocenters. The van der Waals surface area contributed by atoms with Crippen LogP contribution >= 0.6 is 15.9 Å². The number of hydrogen-bond acceptors (Lipinski definition) is 1. The SMILES string of the molecule is CC(C)C(CBr)CN1CC(C)C(C)C1. The first-order valence-electron chi connectivity index (χ1n) is 5.83. The monoisotopic (exact) mass is 261 g/mol. The average molecular weight is 262 g/mol. The van der Waals surface area contributed by atoms with Gasteiger partial charge >= 0.3 is 0 Å². The van der Waals surface area contributed by atoms with Gasteiger partial charge in [-0.2, -0.15) is 0 Å². The molecule has 1 fully saturated rings. The average Bonchev–Trinajstić information content (AvgIpc) is 2.41. The van der Waals surface area contributed by atoms with Crippen molar-refractivity contribution >= 4 is 15.9 Å². The Balaban J connectivity index is 2.37.